The maximum absolute atomic E-state index is 14.2. The number of anilines is 2. The summed E-state index contributed by atoms with van der Waals surface area (Å²) in [4.78, 5) is 40.8. The molecule has 0 atom stereocenters. The number of nitrogens with zero attached hydrogens (tertiary/aromatic N) is 3. The van der Waals surface area contributed by atoms with E-state index in [2.05, 4.69) is 4.98 Å². The van der Waals surface area contributed by atoms with Crippen LogP contribution in [0.3, 0.4) is 0 Å². The average Bonchev–Trinajstić information content (AvgIpc) is 2.61. The van der Waals surface area contributed by atoms with Gasteiger partial charge in [-0.3, -0.25) is 10.1 Å². The summed E-state index contributed by atoms with van der Waals surface area (Å²) in [6.07, 6.45) is -1.47. The van der Waals surface area contributed by atoms with Crippen molar-refractivity contribution in [1.29, 1.82) is 0 Å². The molecule has 0 bridgehead atoms. The van der Waals surface area contributed by atoms with Crippen molar-refractivity contribution in [1.82, 2.24) is 4.98 Å². The van der Waals surface area contributed by atoms with E-state index >= 15 is 0 Å². The van der Waals surface area contributed by atoms with Crippen LogP contribution in [-0.4, -0.2) is 33.3 Å². The van der Waals surface area contributed by atoms with Gasteiger partial charge in [0.1, 0.15) is 11.2 Å². The van der Waals surface area contributed by atoms with Gasteiger partial charge in [-0.1, -0.05) is 0 Å². The number of nitro groups is 1. The van der Waals surface area contributed by atoms with Crippen LogP contribution in [0.5, 0.6) is 11.5 Å². The van der Waals surface area contributed by atoms with Gasteiger partial charge in [0.25, 0.3) is 0 Å². The van der Waals surface area contributed by atoms with Crippen molar-refractivity contribution >= 4 is 29.4 Å². The second-order valence-electron chi connectivity index (χ2n) is 8.83. The summed E-state index contributed by atoms with van der Waals surface area (Å²) in [5.74, 6) is -2.45. The van der Waals surface area contributed by atoms with Crippen LogP contribution in [0.4, 0.5) is 31.2 Å². The predicted octanol–water partition coefficient (Wildman–Crippen LogP) is 5.18. The van der Waals surface area contributed by atoms with E-state index in [0.717, 1.165) is 18.3 Å². The van der Waals surface area contributed by atoms with Gasteiger partial charge >= 0.3 is 17.9 Å². The number of hydrogen-bond donors (Lipinski definition) is 1. The molecule has 2 aromatic rings. The number of carbonyl (C=O) groups excluding carboxylic acids is 2. The Balaban J connectivity index is 2.64. The number of halogens is 1. The first-order valence-electron chi connectivity index (χ1n) is 9.71. The summed E-state index contributed by atoms with van der Waals surface area (Å²) in [5, 5.41) is 11.9. The van der Waals surface area contributed by atoms with Crippen molar-refractivity contribution in [3.63, 3.8) is 0 Å². The highest BCUT2D eigenvalue weighted by molar-refractivity contribution is 6.10. The summed E-state index contributed by atoms with van der Waals surface area (Å²) in [7, 11) is 0. The van der Waals surface area contributed by atoms with Gasteiger partial charge in [0.15, 0.2) is 11.6 Å². The van der Waals surface area contributed by atoms with E-state index in [-0.39, 0.29) is 11.4 Å². The summed E-state index contributed by atoms with van der Waals surface area (Å²) in [6.45, 7) is 9.27. The van der Waals surface area contributed by atoms with Crippen LogP contribution in [-0.2, 0) is 9.47 Å². The maximum Gasteiger partial charge on any atom is 0.426 e. The van der Waals surface area contributed by atoms with Crippen LogP contribution in [0, 0.1) is 15.9 Å². The smallest absolute Gasteiger partial charge is 0.426 e. The molecule has 0 aliphatic carbocycles. The maximum atomic E-state index is 14.2. The number of hydrogen-bond acceptors (Lipinski definition) is 9. The lowest BCUT2D eigenvalue weighted by Crippen LogP contribution is -2.44. The third kappa shape index (κ3) is 6.76. The van der Waals surface area contributed by atoms with Gasteiger partial charge < -0.3 is 19.9 Å². The average molecular weight is 464 g/mol. The van der Waals surface area contributed by atoms with E-state index in [1.165, 1.54) is 12.1 Å². The van der Waals surface area contributed by atoms with Crippen molar-refractivity contribution in [2.24, 2.45) is 0 Å². The Morgan fingerprint density at radius 3 is 2.03 bits per heavy atom. The molecular weight excluding hydrogens is 439 g/mol. The lowest BCUT2D eigenvalue weighted by atomic mass is 10.2. The largest absolute Gasteiger partial charge is 0.447 e. The molecule has 11 nitrogen and oxygen atoms in total. The summed E-state index contributed by atoms with van der Waals surface area (Å²) >= 11 is 0. The SMILES string of the molecule is CC(C)(C)OC(=O)N(C(=O)OC(C)(C)C)c1nccc(Oc2ccc(N)cc2F)c1[N+](=O)[O-]. The standard InChI is InChI=1S/C21H25FN4O7/c1-20(2,3)32-18(27)25(19(28)33-21(4,5)6)17-16(26(29)30)15(9-10-24-17)31-14-8-7-12(23)11-13(14)22/h7-11H,23H2,1-6H3. The summed E-state index contributed by atoms with van der Waals surface area (Å²) in [6, 6.07) is 4.56. The molecule has 2 rings (SSSR count). The zero-order chi connectivity index (χ0) is 25.1. The first kappa shape index (κ1) is 25.3. The highest BCUT2D eigenvalue weighted by Gasteiger charge is 2.39. The molecule has 2 N–H and O–H groups in total. The third-order valence-electron chi connectivity index (χ3n) is 3.59. The second-order valence-corrected chi connectivity index (χ2v) is 8.83. The fourth-order valence-electron chi connectivity index (χ4n) is 2.42. The Morgan fingerprint density at radius 2 is 1.58 bits per heavy atom. The Labute approximate surface area is 189 Å². The van der Waals surface area contributed by atoms with Gasteiger partial charge in [0.2, 0.25) is 11.6 Å². The van der Waals surface area contributed by atoms with Gasteiger partial charge in [-0.25, -0.2) is 19.0 Å². The topological polar surface area (TPSA) is 147 Å². The zero-order valence-electron chi connectivity index (χ0n) is 19.0. The Morgan fingerprint density at radius 1 is 1.03 bits per heavy atom. The van der Waals surface area contributed by atoms with Crippen LogP contribution >= 0.6 is 0 Å². The van der Waals surface area contributed by atoms with E-state index in [1.807, 2.05) is 0 Å². The van der Waals surface area contributed by atoms with Crippen LogP contribution in [0.2, 0.25) is 0 Å². The highest BCUT2D eigenvalue weighted by Crippen LogP contribution is 2.39. The monoisotopic (exact) mass is 464 g/mol. The van der Waals surface area contributed by atoms with Gasteiger partial charge in [0, 0.05) is 24.0 Å². The molecule has 1 aromatic carbocycles. The third-order valence-corrected chi connectivity index (χ3v) is 3.59. The Bertz CT molecular complexity index is 1050. The number of benzene rings is 1. The summed E-state index contributed by atoms with van der Waals surface area (Å²) in [5.41, 5.74) is 2.64. The predicted molar refractivity (Wildman–Crippen MR) is 117 cm³/mol. The molecule has 0 radical (unpaired) electrons. The quantitative estimate of drug-likeness (QED) is 0.367. The summed E-state index contributed by atoms with van der Waals surface area (Å²) < 4.78 is 30.0. The molecule has 0 aliphatic rings. The fraction of sp³-hybridized carbons (Fsp3) is 0.381. The number of rotatable bonds is 4. The van der Waals surface area contributed by atoms with Crippen molar-refractivity contribution in [2.75, 3.05) is 10.6 Å². The lowest BCUT2D eigenvalue weighted by Gasteiger charge is -2.27. The molecule has 0 spiro atoms. The van der Waals surface area contributed by atoms with Crippen LogP contribution in [0.1, 0.15) is 41.5 Å². The Kier molecular flexibility index (Phi) is 7.10. The number of amides is 2. The first-order chi connectivity index (χ1) is 15.1. The number of nitrogen functional groups attached to an aromatic ring is 1. The molecule has 0 aliphatic heterocycles. The molecular formula is C21H25FN4O7. The minimum absolute atomic E-state index is 0.116. The van der Waals surface area contributed by atoms with Crippen molar-refractivity contribution in [3.05, 3.63) is 46.4 Å². The molecule has 0 unspecified atom stereocenters. The number of imide groups is 1. The van der Waals surface area contributed by atoms with Crippen LogP contribution in [0.15, 0.2) is 30.5 Å². The van der Waals surface area contributed by atoms with E-state index < -0.39 is 51.4 Å². The molecule has 1 aromatic heterocycles. The first-order valence-corrected chi connectivity index (χ1v) is 9.71. The van der Waals surface area contributed by atoms with E-state index in [9.17, 15) is 24.1 Å². The number of aromatic nitrogens is 1. The van der Waals surface area contributed by atoms with Crippen molar-refractivity contribution < 1.29 is 33.1 Å². The van der Waals surface area contributed by atoms with Gasteiger partial charge in [-0.05, 0) is 53.7 Å². The number of carbonyl (C=O) groups is 2. The minimum Gasteiger partial charge on any atom is -0.447 e. The highest BCUT2D eigenvalue weighted by atomic mass is 19.1. The Hall–Kier alpha value is -3.96. The fourth-order valence-corrected chi connectivity index (χ4v) is 2.42. The molecule has 178 valence electrons. The van der Waals surface area contributed by atoms with E-state index in [4.69, 9.17) is 19.9 Å². The molecule has 0 saturated heterocycles. The molecule has 0 saturated carbocycles. The van der Waals surface area contributed by atoms with Gasteiger partial charge in [-0.2, -0.15) is 4.90 Å². The zero-order valence-corrected chi connectivity index (χ0v) is 19.0. The second kappa shape index (κ2) is 9.27. The molecule has 33 heavy (non-hydrogen) atoms. The molecule has 0 fully saturated rings. The lowest BCUT2D eigenvalue weighted by molar-refractivity contribution is -0.385. The van der Waals surface area contributed by atoms with Crippen molar-refractivity contribution in [3.8, 4) is 11.5 Å². The van der Waals surface area contributed by atoms with E-state index in [1.54, 1.807) is 41.5 Å². The van der Waals surface area contributed by atoms with Crippen LogP contribution in [0.25, 0.3) is 0 Å². The number of pyridine rings is 1. The molecule has 12 heteroatoms. The van der Waals surface area contributed by atoms with Gasteiger partial charge in [0.05, 0.1) is 4.92 Å². The minimum atomic E-state index is -1.26. The van der Waals surface area contributed by atoms with Crippen molar-refractivity contribution in [2.45, 2.75) is 52.7 Å². The van der Waals surface area contributed by atoms with Gasteiger partial charge in [-0.15, -0.1) is 0 Å². The molecule has 2 amide bonds. The molecule has 1 heterocycles. The normalized spacial score (nSPS) is 11.5. The van der Waals surface area contributed by atoms with Crippen LogP contribution < -0.4 is 15.4 Å². The number of nitrogens with two attached hydrogens (primary N) is 1. The van der Waals surface area contributed by atoms with E-state index in [0.29, 0.717) is 4.90 Å². The number of ether oxygens (including phenoxy) is 3.